The number of nitrogens with zero attached hydrogens (tertiary/aromatic N) is 4. The largest absolute Gasteiger partial charge is 0.493 e. The molecule has 20 heavy (non-hydrogen) atoms. The maximum Gasteiger partial charge on any atom is 0.184 e. The van der Waals surface area contributed by atoms with E-state index in [1.54, 1.807) is 20.3 Å². The summed E-state index contributed by atoms with van der Waals surface area (Å²) >= 11 is 0. The Morgan fingerprint density at radius 2 is 1.85 bits per heavy atom. The smallest absolute Gasteiger partial charge is 0.184 e. The van der Waals surface area contributed by atoms with E-state index in [9.17, 15) is 0 Å². The van der Waals surface area contributed by atoms with Crippen molar-refractivity contribution in [1.82, 2.24) is 20.2 Å². The van der Waals surface area contributed by atoms with Crippen LogP contribution in [0.1, 0.15) is 19.8 Å². The minimum atomic E-state index is -0.00155. The normalized spacial score (nSPS) is 15.9. The molecule has 7 heteroatoms. The summed E-state index contributed by atoms with van der Waals surface area (Å²) in [5.74, 6) is 1.85. The minimum absolute atomic E-state index is 0.00155. The van der Waals surface area contributed by atoms with Crippen LogP contribution in [0.4, 0.5) is 5.69 Å². The van der Waals surface area contributed by atoms with Gasteiger partial charge in [0.05, 0.1) is 19.8 Å². The molecule has 7 nitrogen and oxygen atoms in total. The van der Waals surface area contributed by atoms with E-state index in [1.807, 2.05) is 10.7 Å². The number of rotatable bonds is 4. The van der Waals surface area contributed by atoms with Crippen LogP contribution in [0.2, 0.25) is 0 Å². The van der Waals surface area contributed by atoms with Gasteiger partial charge in [-0.25, -0.2) is 4.68 Å². The molecule has 0 bridgehead atoms. The number of aromatic nitrogens is 4. The second-order valence-corrected chi connectivity index (χ2v) is 5.21. The molecule has 1 aromatic heterocycles. The van der Waals surface area contributed by atoms with E-state index in [0.717, 1.165) is 18.4 Å². The second-order valence-electron chi connectivity index (χ2n) is 5.21. The lowest BCUT2D eigenvalue weighted by molar-refractivity contribution is 0.355. The highest BCUT2D eigenvalue weighted by Gasteiger charge is 2.43. The van der Waals surface area contributed by atoms with E-state index in [2.05, 4.69) is 22.4 Å². The molecule has 0 unspecified atom stereocenters. The Morgan fingerprint density at radius 3 is 2.45 bits per heavy atom. The molecule has 1 aliphatic carbocycles. The first-order valence-electron chi connectivity index (χ1n) is 6.40. The summed E-state index contributed by atoms with van der Waals surface area (Å²) in [5, 5.41) is 12.0. The van der Waals surface area contributed by atoms with Crippen molar-refractivity contribution in [1.29, 1.82) is 0 Å². The quantitative estimate of drug-likeness (QED) is 0.850. The number of nitrogens with two attached hydrogens (primary N) is 1. The van der Waals surface area contributed by atoms with Crippen LogP contribution in [0.3, 0.4) is 0 Å². The summed E-state index contributed by atoms with van der Waals surface area (Å²) in [6.07, 6.45) is 2.14. The molecule has 106 valence electrons. The lowest BCUT2D eigenvalue weighted by atomic mass is 10.1. The summed E-state index contributed by atoms with van der Waals surface area (Å²) in [7, 11) is 3.16. The molecule has 0 spiro atoms. The van der Waals surface area contributed by atoms with Crippen molar-refractivity contribution >= 4 is 5.69 Å². The summed E-state index contributed by atoms with van der Waals surface area (Å²) in [6.45, 7) is 2.13. The highest BCUT2D eigenvalue weighted by Crippen LogP contribution is 2.45. The number of hydrogen-bond donors (Lipinski definition) is 1. The number of methoxy groups -OCH3 is 2. The van der Waals surface area contributed by atoms with Crippen LogP contribution in [0.15, 0.2) is 12.1 Å². The van der Waals surface area contributed by atoms with E-state index in [-0.39, 0.29) is 5.54 Å². The van der Waals surface area contributed by atoms with Gasteiger partial charge < -0.3 is 15.2 Å². The second kappa shape index (κ2) is 4.36. The first kappa shape index (κ1) is 12.7. The summed E-state index contributed by atoms with van der Waals surface area (Å²) < 4.78 is 12.4. The van der Waals surface area contributed by atoms with Crippen molar-refractivity contribution in [3.8, 4) is 22.9 Å². The van der Waals surface area contributed by atoms with Crippen LogP contribution in [0.5, 0.6) is 11.5 Å². The van der Waals surface area contributed by atoms with Gasteiger partial charge >= 0.3 is 0 Å². The van der Waals surface area contributed by atoms with Gasteiger partial charge in [0.15, 0.2) is 17.3 Å². The third-order valence-electron chi connectivity index (χ3n) is 3.75. The Kier molecular flexibility index (Phi) is 2.77. The van der Waals surface area contributed by atoms with Gasteiger partial charge in [0.1, 0.15) is 0 Å². The molecule has 1 aliphatic rings. The molecule has 0 saturated heterocycles. The first-order chi connectivity index (χ1) is 9.59. The van der Waals surface area contributed by atoms with Crippen LogP contribution in [0, 0.1) is 0 Å². The van der Waals surface area contributed by atoms with Crippen LogP contribution in [0.25, 0.3) is 11.4 Å². The molecule has 0 radical (unpaired) electrons. The average molecular weight is 275 g/mol. The topological polar surface area (TPSA) is 88.1 Å². The molecule has 0 atom stereocenters. The van der Waals surface area contributed by atoms with Gasteiger partial charge in [0.25, 0.3) is 0 Å². The van der Waals surface area contributed by atoms with Crippen molar-refractivity contribution < 1.29 is 9.47 Å². The van der Waals surface area contributed by atoms with Gasteiger partial charge in [-0.15, -0.1) is 5.10 Å². The molecular formula is C13H17N5O2. The maximum atomic E-state index is 6.10. The van der Waals surface area contributed by atoms with E-state index in [0.29, 0.717) is 23.0 Å². The fourth-order valence-electron chi connectivity index (χ4n) is 2.20. The van der Waals surface area contributed by atoms with Crippen LogP contribution < -0.4 is 15.2 Å². The Bertz CT molecular complexity index is 648. The molecule has 0 aliphatic heterocycles. The summed E-state index contributed by atoms with van der Waals surface area (Å²) in [4.78, 5) is 0. The highest BCUT2D eigenvalue weighted by atomic mass is 16.5. The molecule has 1 fully saturated rings. The lowest BCUT2D eigenvalue weighted by Crippen LogP contribution is -2.16. The van der Waals surface area contributed by atoms with E-state index < -0.39 is 0 Å². The van der Waals surface area contributed by atoms with Gasteiger partial charge in [0, 0.05) is 17.3 Å². The Balaban J connectivity index is 2.13. The first-order valence-corrected chi connectivity index (χ1v) is 6.40. The fraction of sp³-hybridized carbons (Fsp3) is 0.462. The van der Waals surface area contributed by atoms with Crippen LogP contribution >= 0.6 is 0 Å². The van der Waals surface area contributed by atoms with Gasteiger partial charge in [-0.1, -0.05) is 0 Å². The fourth-order valence-corrected chi connectivity index (χ4v) is 2.20. The van der Waals surface area contributed by atoms with Crippen molar-refractivity contribution in [2.75, 3.05) is 20.0 Å². The monoisotopic (exact) mass is 275 g/mol. The highest BCUT2D eigenvalue weighted by molar-refractivity contribution is 5.76. The average Bonchev–Trinajstić information content (AvgIpc) is 3.01. The zero-order valence-electron chi connectivity index (χ0n) is 11.8. The van der Waals surface area contributed by atoms with Crippen molar-refractivity contribution in [3.63, 3.8) is 0 Å². The SMILES string of the molecule is COc1cc(N)c(-c2nnnn2C2(C)CC2)cc1OC. The number of ether oxygens (including phenoxy) is 2. The van der Waals surface area contributed by atoms with Crippen molar-refractivity contribution in [2.45, 2.75) is 25.3 Å². The van der Waals surface area contributed by atoms with Crippen LogP contribution in [-0.2, 0) is 5.54 Å². The number of nitrogen functional groups attached to an aromatic ring is 1. The van der Waals surface area contributed by atoms with Crippen molar-refractivity contribution in [2.24, 2.45) is 0 Å². The third-order valence-corrected chi connectivity index (χ3v) is 3.75. The van der Waals surface area contributed by atoms with Gasteiger partial charge in [-0.05, 0) is 36.3 Å². The molecule has 0 amide bonds. The molecule has 1 heterocycles. The zero-order valence-corrected chi connectivity index (χ0v) is 11.8. The molecule has 3 rings (SSSR count). The Hall–Kier alpha value is -2.31. The molecular weight excluding hydrogens is 258 g/mol. The number of tetrazole rings is 1. The van der Waals surface area contributed by atoms with E-state index in [1.165, 1.54) is 0 Å². The predicted molar refractivity (Wildman–Crippen MR) is 73.7 cm³/mol. The van der Waals surface area contributed by atoms with Crippen molar-refractivity contribution in [3.05, 3.63) is 12.1 Å². The Morgan fingerprint density at radius 1 is 1.20 bits per heavy atom. The number of anilines is 1. The molecule has 1 aromatic carbocycles. The maximum absolute atomic E-state index is 6.10. The molecule has 1 saturated carbocycles. The van der Waals surface area contributed by atoms with Crippen LogP contribution in [-0.4, -0.2) is 34.4 Å². The Labute approximate surface area is 116 Å². The standard InChI is InChI=1S/C13H17N5O2/c1-13(4-5-13)18-12(15-16-17-18)8-6-10(19-2)11(20-3)7-9(8)14/h6-7H,4-5,14H2,1-3H3. The predicted octanol–water partition coefficient (Wildman–Crippen LogP) is 1.45. The third kappa shape index (κ3) is 1.86. The number of hydrogen-bond acceptors (Lipinski definition) is 6. The minimum Gasteiger partial charge on any atom is -0.493 e. The van der Waals surface area contributed by atoms with Gasteiger partial charge in [-0.2, -0.15) is 0 Å². The lowest BCUT2D eigenvalue weighted by Gasteiger charge is -2.14. The van der Waals surface area contributed by atoms with E-state index in [4.69, 9.17) is 15.2 Å². The van der Waals surface area contributed by atoms with E-state index >= 15 is 0 Å². The zero-order chi connectivity index (χ0) is 14.3. The molecule has 2 aromatic rings. The number of benzene rings is 1. The summed E-state index contributed by atoms with van der Waals surface area (Å²) in [5.41, 5.74) is 7.41. The van der Waals surface area contributed by atoms with Gasteiger partial charge in [-0.3, -0.25) is 0 Å². The van der Waals surface area contributed by atoms with Gasteiger partial charge in [0.2, 0.25) is 0 Å². The molecule has 2 N–H and O–H groups in total. The summed E-state index contributed by atoms with van der Waals surface area (Å²) in [6, 6.07) is 3.53.